The number of hydrogen-bond donors (Lipinski definition) is 2. The number of aliphatic hydroxyl groups excluding tert-OH is 1. The van der Waals surface area contributed by atoms with Crippen molar-refractivity contribution in [3.05, 3.63) is 72.4 Å². The van der Waals surface area contributed by atoms with Crippen molar-refractivity contribution in [1.29, 1.82) is 0 Å². The van der Waals surface area contributed by atoms with E-state index in [9.17, 15) is 9.90 Å². The Hall–Kier alpha value is -2.59. The molecular formula is C18H18N2O2. The van der Waals surface area contributed by atoms with E-state index in [0.29, 0.717) is 0 Å². The van der Waals surface area contributed by atoms with E-state index in [0.717, 1.165) is 16.5 Å². The Morgan fingerprint density at radius 2 is 1.77 bits per heavy atom. The summed E-state index contributed by atoms with van der Waals surface area (Å²) in [7, 11) is 0. The number of rotatable bonds is 5. The van der Waals surface area contributed by atoms with Crippen LogP contribution in [-0.4, -0.2) is 22.2 Å². The van der Waals surface area contributed by atoms with Gasteiger partial charge in [-0.1, -0.05) is 48.5 Å². The fourth-order valence-corrected chi connectivity index (χ4v) is 2.59. The summed E-state index contributed by atoms with van der Waals surface area (Å²) < 4.78 is 1.91. The van der Waals surface area contributed by atoms with Gasteiger partial charge in [0.25, 0.3) is 0 Å². The van der Waals surface area contributed by atoms with Gasteiger partial charge in [-0.05, 0) is 23.1 Å². The van der Waals surface area contributed by atoms with Crippen molar-refractivity contribution in [1.82, 2.24) is 9.88 Å². The smallest absolute Gasteiger partial charge is 0.240 e. The van der Waals surface area contributed by atoms with Crippen LogP contribution in [0.25, 0.3) is 10.9 Å². The van der Waals surface area contributed by atoms with E-state index in [1.807, 2.05) is 71.4 Å². The van der Waals surface area contributed by atoms with Crippen LogP contribution in [0.2, 0.25) is 0 Å². The molecule has 0 saturated heterocycles. The summed E-state index contributed by atoms with van der Waals surface area (Å²) in [6, 6.07) is 19.0. The highest BCUT2D eigenvalue weighted by Gasteiger charge is 2.14. The number of aliphatic hydroxyl groups is 1. The second-order valence-corrected chi connectivity index (χ2v) is 5.22. The van der Waals surface area contributed by atoms with E-state index >= 15 is 0 Å². The molecule has 3 aromatic rings. The maximum Gasteiger partial charge on any atom is 0.240 e. The van der Waals surface area contributed by atoms with Gasteiger partial charge in [0.15, 0.2) is 0 Å². The van der Waals surface area contributed by atoms with E-state index in [-0.39, 0.29) is 25.1 Å². The average Bonchev–Trinajstić information content (AvgIpc) is 2.96. The Bertz CT molecular complexity index is 765. The molecule has 1 heterocycles. The van der Waals surface area contributed by atoms with Crippen LogP contribution in [0.15, 0.2) is 66.9 Å². The molecule has 0 aliphatic carbocycles. The van der Waals surface area contributed by atoms with E-state index in [1.54, 1.807) is 0 Å². The summed E-state index contributed by atoms with van der Waals surface area (Å²) in [5, 5.41) is 13.5. The maximum absolute atomic E-state index is 12.3. The number of fused-ring (bicyclic) bond motifs is 1. The number of aromatic nitrogens is 1. The Kier molecular flexibility index (Phi) is 4.21. The Balaban J connectivity index is 1.72. The molecule has 0 bridgehead atoms. The van der Waals surface area contributed by atoms with Crippen LogP contribution < -0.4 is 5.32 Å². The van der Waals surface area contributed by atoms with Crippen molar-refractivity contribution in [3.8, 4) is 0 Å². The minimum Gasteiger partial charge on any atom is -0.394 e. The normalized spacial score (nSPS) is 12.2. The van der Waals surface area contributed by atoms with Crippen molar-refractivity contribution in [3.63, 3.8) is 0 Å². The fraction of sp³-hybridized carbons (Fsp3) is 0.167. The molecule has 0 radical (unpaired) electrons. The topological polar surface area (TPSA) is 54.3 Å². The minimum absolute atomic E-state index is 0.121. The van der Waals surface area contributed by atoms with Crippen LogP contribution in [0.4, 0.5) is 0 Å². The van der Waals surface area contributed by atoms with Gasteiger partial charge >= 0.3 is 0 Å². The maximum atomic E-state index is 12.3. The number of amides is 1. The van der Waals surface area contributed by atoms with Gasteiger partial charge in [-0.3, -0.25) is 4.79 Å². The Morgan fingerprint density at radius 3 is 2.55 bits per heavy atom. The van der Waals surface area contributed by atoms with Crippen LogP contribution in [-0.2, 0) is 11.3 Å². The third-order valence-electron chi connectivity index (χ3n) is 3.71. The Labute approximate surface area is 129 Å². The average molecular weight is 294 g/mol. The molecule has 1 atom stereocenters. The highest BCUT2D eigenvalue weighted by atomic mass is 16.3. The first-order valence-electron chi connectivity index (χ1n) is 7.27. The van der Waals surface area contributed by atoms with Crippen molar-refractivity contribution in [2.75, 3.05) is 6.61 Å². The van der Waals surface area contributed by atoms with Gasteiger partial charge in [0.05, 0.1) is 12.6 Å². The van der Waals surface area contributed by atoms with Gasteiger partial charge in [0.2, 0.25) is 5.91 Å². The second-order valence-electron chi connectivity index (χ2n) is 5.22. The number of hydrogen-bond acceptors (Lipinski definition) is 2. The molecule has 4 nitrogen and oxygen atoms in total. The fourth-order valence-electron chi connectivity index (χ4n) is 2.59. The zero-order valence-corrected chi connectivity index (χ0v) is 12.1. The number of nitrogens with one attached hydrogen (secondary N) is 1. The lowest BCUT2D eigenvalue weighted by Crippen LogP contribution is -2.33. The van der Waals surface area contributed by atoms with Gasteiger partial charge in [0.1, 0.15) is 6.54 Å². The lowest BCUT2D eigenvalue weighted by atomic mass is 10.1. The molecule has 2 N–H and O–H groups in total. The molecule has 4 heteroatoms. The molecule has 0 spiro atoms. The third-order valence-corrected chi connectivity index (χ3v) is 3.71. The number of nitrogens with zero attached hydrogens (tertiary/aromatic N) is 1. The summed E-state index contributed by atoms with van der Waals surface area (Å²) in [5.41, 5.74) is 1.92. The van der Waals surface area contributed by atoms with E-state index in [4.69, 9.17) is 0 Å². The lowest BCUT2D eigenvalue weighted by molar-refractivity contribution is -0.122. The highest BCUT2D eigenvalue weighted by Crippen LogP contribution is 2.15. The Morgan fingerprint density at radius 1 is 1.05 bits per heavy atom. The lowest BCUT2D eigenvalue weighted by Gasteiger charge is -2.17. The molecular weight excluding hydrogens is 276 g/mol. The van der Waals surface area contributed by atoms with Crippen molar-refractivity contribution in [2.24, 2.45) is 0 Å². The van der Waals surface area contributed by atoms with Crippen LogP contribution in [0, 0.1) is 0 Å². The second kappa shape index (κ2) is 6.45. The summed E-state index contributed by atoms with van der Waals surface area (Å²) in [5.74, 6) is -0.121. The van der Waals surface area contributed by atoms with Crippen LogP contribution in [0.5, 0.6) is 0 Å². The standard InChI is InChI=1S/C18H18N2O2/c21-13-16(14-6-2-1-3-7-14)19-18(22)12-20-11-10-15-8-4-5-9-17(15)20/h1-11,16,21H,12-13H2,(H,19,22). The van der Waals surface area contributed by atoms with Gasteiger partial charge in [-0.15, -0.1) is 0 Å². The van der Waals surface area contributed by atoms with Gasteiger partial charge in [0, 0.05) is 11.7 Å². The van der Waals surface area contributed by atoms with Crippen LogP contribution >= 0.6 is 0 Å². The third kappa shape index (κ3) is 3.02. The molecule has 0 aliphatic rings. The summed E-state index contributed by atoms with van der Waals surface area (Å²) >= 11 is 0. The van der Waals surface area contributed by atoms with Gasteiger partial charge in [-0.2, -0.15) is 0 Å². The van der Waals surface area contributed by atoms with E-state index in [2.05, 4.69) is 5.32 Å². The predicted molar refractivity (Wildman–Crippen MR) is 86.3 cm³/mol. The molecule has 0 saturated carbocycles. The molecule has 0 aliphatic heterocycles. The largest absolute Gasteiger partial charge is 0.394 e. The SMILES string of the molecule is O=C(Cn1ccc2ccccc21)NC(CO)c1ccccc1. The van der Waals surface area contributed by atoms with Crippen LogP contribution in [0.3, 0.4) is 0 Å². The first-order chi connectivity index (χ1) is 10.8. The van der Waals surface area contributed by atoms with Crippen molar-refractivity contribution < 1.29 is 9.90 Å². The predicted octanol–water partition coefficient (Wildman–Crippen LogP) is 2.49. The number of carbonyl (C=O) groups is 1. The van der Waals surface area contributed by atoms with E-state index < -0.39 is 0 Å². The summed E-state index contributed by atoms with van der Waals surface area (Å²) in [6.07, 6.45) is 1.90. The first kappa shape index (κ1) is 14.4. The van der Waals surface area contributed by atoms with E-state index in [1.165, 1.54) is 0 Å². The highest BCUT2D eigenvalue weighted by molar-refractivity contribution is 5.83. The molecule has 2 aromatic carbocycles. The molecule has 1 amide bonds. The number of benzene rings is 2. The van der Waals surface area contributed by atoms with Crippen molar-refractivity contribution >= 4 is 16.8 Å². The zero-order valence-electron chi connectivity index (χ0n) is 12.1. The molecule has 0 fully saturated rings. The summed E-state index contributed by atoms with van der Waals surface area (Å²) in [4.78, 5) is 12.3. The molecule has 112 valence electrons. The number of carbonyl (C=O) groups excluding carboxylic acids is 1. The summed E-state index contributed by atoms with van der Waals surface area (Å²) in [6.45, 7) is 0.110. The van der Waals surface area contributed by atoms with Crippen molar-refractivity contribution in [2.45, 2.75) is 12.6 Å². The van der Waals surface area contributed by atoms with Gasteiger partial charge < -0.3 is 15.0 Å². The molecule has 3 rings (SSSR count). The first-order valence-corrected chi connectivity index (χ1v) is 7.27. The zero-order chi connectivity index (χ0) is 15.4. The number of para-hydroxylation sites is 1. The quantitative estimate of drug-likeness (QED) is 0.759. The van der Waals surface area contributed by atoms with Crippen LogP contribution in [0.1, 0.15) is 11.6 Å². The molecule has 1 aromatic heterocycles. The molecule has 1 unspecified atom stereocenters. The molecule has 22 heavy (non-hydrogen) atoms. The monoisotopic (exact) mass is 294 g/mol. The minimum atomic E-state index is -0.379. The van der Waals surface area contributed by atoms with Gasteiger partial charge in [-0.25, -0.2) is 0 Å².